The summed E-state index contributed by atoms with van der Waals surface area (Å²) < 4.78 is 5.34. The average molecular weight is 334 g/mol. The van der Waals surface area contributed by atoms with E-state index in [0.717, 1.165) is 5.56 Å². The number of carbonyl (C=O) groups is 1. The number of hydrogen-bond donors (Lipinski definition) is 2. The third-order valence-corrected chi connectivity index (χ3v) is 3.33. The van der Waals surface area contributed by atoms with Gasteiger partial charge in [-0.2, -0.15) is 5.26 Å². The smallest absolute Gasteiger partial charge is 0.241 e. The molecule has 0 aliphatic heterocycles. The van der Waals surface area contributed by atoms with Gasteiger partial charge in [0.2, 0.25) is 11.8 Å². The fraction of sp³-hybridized carbons (Fsp3) is 0.118. The number of amides is 1. The van der Waals surface area contributed by atoms with Crippen molar-refractivity contribution in [1.29, 1.82) is 5.26 Å². The first kappa shape index (κ1) is 16.1. The second kappa shape index (κ2) is 7.23. The SMILES string of the molecule is N#CCCOc1ccc(-c2cnc3[nH]cc(/C=C/C(N)=O)c3n2)cn1. The number of nitriles is 1. The van der Waals surface area contributed by atoms with E-state index in [1.807, 2.05) is 12.1 Å². The lowest BCUT2D eigenvalue weighted by Gasteiger charge is -2.04. The van der Waals surface area contributed by atoms with Crippen molar-refractivity contribution in [2.75, 3.05) is 6.61 Å². The van der Waals surface area contributed by atoms with Crippen LogP contribution in [-0.2, 0) is 4.79 Å². The van der Waals surface area contributed by atoms with E-state index in [1.165, 1.54) is 6.08 Å². The highest BCUT2D eigenvalue weighted by molar-refractivity contribution is 5.93. The summed E-state index contributed by atoms with van der Waals surface area (Å²) in [6.07, 6.45) is 8.13. The largest absolute Gasteiger partial charge is 0.477 e. The molecule has 3 rings (SSSR count). The Hall–Kier alpha value is -3.73. The summed E-state index contributed by atoms with van der Waals surface area (Å²) in [4.78, 5) is 27.0. The third kappa shape index (κ3) is 3.79. The average Bonchev–Trinajstić information content (AvgIpc) is 3.03. The molecule has 0 aromatic carbocycles. The van der Waals surface area contributed by atoms with Gasteiger partial charge < -0.3 is 15.5 Å². The molecule has 3 aromatic rings. The Balaban J connectivity index is 1.87. The number of nitrogens with two attached hydrogens (primary N) is 1. The Morgan fingerprint density at radius 3 is 2.96 bits per heavy atom. The van der Waals surface area contributed by atoms with Crippen LogP contribution in [0.25, 0.3) is 28.5 Å². The van der Waals surface area contributed by atoms with E-state index in [2.05, 4.69) is 19.9 Å². The van der Waals surface area contributed by atoms with Crippen LogP contribution in [0.3, 0.4) is 0 Å². The topological polar surface area (TPSA) is 131 Å². The third-order valence-electron chi connectivity index (χ3n) is 3.33. The number of ether oxygens (including phenoxy) is 1. The zero-order valence-electron chi connectivity index (χ0n) is 13.1. The Morgan fingerprint density at radius 1 is 1.36 bits per heavy atom. The van der Waals surface area contributed by atoms with Gasteiger partial charge in [-0.05, 0) is 12.1 Å². The highest BCUT2D eigenvalue weighted by atomic mass is 16.5. The van der Waals surface area contributed by atoms with Crippen molar-refractivity contribution in [2.45, 2.75) is 6.42 Å². The first-order valence-electron chi connectivity index (χ1n) is 7.45. The molecule has 3 N–H and O–H groups in total. The van der Waals surface area contributed by atoms with Gasteiger partial charge in [0, 0.05) is 35.7 Å². The standard InChI is InChI=1S/C17H14N6O2/c18-6-1-7-25-15-5-3-11(8-20-15)13-10-22-17-16(23-13)12(9-21-17)2-4-14(19)24/h2-5,8-10H,1,7H2,(H2,19,24)(H,21,22)/b4-2+. The molecule has 0 bridgehead atoms. The number of nitrogens with zero attached hydrogens (tertiary/aromatic N) is 4. The van der Waals surface area contributed by atoms with Crippen LogP contribution in [0, 0.1) is 11.3 Å². The van der Waals surface area contributed by atoms with Gasteiger partial charge in [0.05, 0.1) is 24.4 Å². The van der Waals surface area contributed by atoms with E-state index < -0.39 is 5.91 Å². The first-order valence-corrected chi connectivity index (χ1v) is 7.45. The second-order valence-electron chi connectivity index (χ2n) is 5.07. The summed E-state index contributed by atoms with van der Waals surface area (Å²) in [5, 5.41) is 8.50. The van der Waals surface area contributed by atoms with Crippen LogP contribution < -0.4 is 10.5 Å². The number of pyridine rings is 1. The molecule has 25 heavy (non-hydrogen) atoms. The lowest BCUT2D eigenvalue weighted by atomic mass is 10.2. The van der Waals surface area contributed by atoms with Crippen LogP contribution in [0.2, 0.25) is 0 Å². The van der Waals surface area contributed by atoms with Crippen LogP contribution in [0.1, 0.15) is 12.0 Å². The molecule has 0 saturated heterocycles. The molecule has 8 heteroatoms. The molecule has 0 radical (unpaired) electrons. The summed E-state index contributed by atoms with van der Waals surface area (Å²) in [6, 6.07) is 5.53. The summed E-state index contributed by atoms with van der Waals surface area (Å²) in [5.41, 5.74) is 8.48. The van der Waals surface area contributed by atoms with Crippen molar-refractivity contribution < 1.29 is 9.53 Å². The van der Waals surface area contributed by atoms with Gasteiger partial charge in [0.1, 0.15) is 12.1 Å². The monoisotopic (exact) mass is 334 g/mol. The molecule has 0 fully saturated rings. The number of fused-ring (bicyclic) bond motifs is 1. The van der Waals surface area contributed by atoms with Crippen LogP contribution in [0.4, 0.5) is 0 Å². The fourth-order valence-corrected chi connectivity index (χ4v) is 2.17. The number of H-pyrrole nitrogens is 1. The predicted octanol–water partition coefficient (Wildman–Crippen LogP) is 1.81. The van der Waals surface area contributed by atoms with Gasteiger partial charge in [-0.3, -0.25) is 4.79 Å². The zero-order valence-corrected chi connectivity index (χ0v) is 13.1. The highest BCUT2D eigenvalue weighted by Crippen LogP contribution is 2.22. The molecule has 0 saturated carbocycles. The Kier molecular flexibility index (Phi) is 4.67. The molecule has 0 atom stereocenters. The van der Waals surface area contributed by atoms with Crippen molar-refractivity contribution >= 4 is 23.1 Å². The number of hydrogen-bond acceptors (Lipinski definition) is 6. The van der Waals surface area contributed by atoms with Gasteiger partial charge in [-0.1, -0.05) is 0 Å². The fourth-order valence-electron chi connectivity index (χ4n) is 2.17. The lowest BCUT2D eigenvalue weighted by Crippen LogP contribution is -2.05. The minimum atomic E-state index is -0.533. The Labute approximate surface area is 143 Å². The maximum atomic E-state index is 10.9. The Bertz CT molecular complexity index is 969. The van der Waals surface area contributed by atoms with E-state index in [1.54, 1.807) is 30.7 Å². The van der Waals surface area contributed by atoms with E-state index in [0.29, 0.717) is 41.3 Å². The quantitative estimate of drug-likeness (QED) is 0.522. The van der Waals surface area contributed by atoms with Crippen molar-refractivity contribution in [3.63, 3.8) is 0 Å². The summed E-state index contributed by atoms with van der Waals surface area (Å²) in [6.45, 7) is 0.299. The van der Waals surface area contributed by atoms with Gasteiger partial charge >= 0.3 is 0 Å². The molecular weight excluding hydrogens is 320 g/mol. The predicted molar refractivity (Wildman–Crippen MR) is 91.1 cm³/mol. The van der Waals surface area contributed by atoms with Gasteiger partial charge in [-0.15, -0.1) is 0 Å². The lowest BCUT2D eigenvalue weighted by molar-refractivity contribution is -0.113. The minimum absolute atomic E-state index is 0.299. The van der Waals surface area contributed by atoms with E-state index in [-0.39, 0.29) is 0 Å². The first-order chi connectivity index (χ1) is 12.2. The van der Waals surface area contributed by atoms with Crippen molar-refractivity contribution in [2.24, 2.45) is 5.73 Å². The van der Waals surface area contributed by atoms with Gasteiger partial charge in [0.15, 0.2) is 5.65 Å². The zero-order chi connectivity index (χ0) is 17.6. The van der Waals surface area contributed by atoms with E-state index in [4.69, 9.17) is 15.7 Å². The van der Waals surface area contributed by atoms with Crippen molar-refractivity contribution in [3.8, 4) is 23.2 Å². The molecule has 1 amide bonds. The van der Waals surface area contributed by atoms with Crippen LogP contribution >= 0.6 is 0 Å². The second-order valence-corrected chi connectivity index (χ2v) is 5.07. The molecule has 0 aliphatic rings. The van der Waals surface area contributed by atoms with Crippen molar-refractivity contribution in [1.82, 2.24) is 19.9 Å². The van der Waals surface area contributed by atoms with Crippen LogP contribution in [0.15, 0.2) is 36.8 Å². The molecule has 0 spiro atoms. The van der Waals surface area contributed by atoms with Crippen molar-refractivity contribution in [3.05, 3.63) is 42.4 Å². The van der Waals surface area contributed by atoms with E-state index >= 15 is 0 Å². The number of nitrogens with one attached hydrogen (secondary N) is 1. The summed E-state index contributed by atoms with van der Waals surface area (Å²) in [5.74, 6) is -0.0885. The summed E-state index contributed by atoms with van der Waals surface area (Å²) in [7, 11) is 0. The van der Waals surface area contributed by atoms with E-state index in [9.17, 15) is 4.79 Å². The van der Waals surface area contributed by atoms with Crippen LogP contribution in [0.5, 0.6) is 5.88 Å². The Morgan fingerprint density at radius 2 is 2.24 bits per heavy atom. The maximum absolute atomic E-state index is 10.9. The van der Waals surface area contributed by atoms with Gasteiger partial charge in [-0.25, -0.2) is 15.0 Å². The number of rotatable bonds is 6. The normalized spacial score (nSPS) is 10.8. The molecular formula is C17H14N6O2. The number of primary amides is 1. The highest BCUT2D eigenvalue weighted by Gasteiger charge is 2.08. The summed E-state index contributed by atoms with van der Waals surface area (Å²) >= 11 is 0. The molecule has 8 nitrogen and oxygen atoms in total. The maximum Gasteiger partial charge on any atom is 0.241 e. The molecule has 0 aliphatic carbocycles. The molecule has 124 valence electrons. The van der Waals surface area contributed by atoms with Gasteiger partial charge in [0.25, 0.3) is 0 Å². The minimum Gasteiger partial charge on any atom is -0.477 e. The number of aromatic amines is 1. The molecule has 3 aromatic heterocycles. The molecule has 3 heterocycles. The molecule has 0 unspecified atom stereocenters. The van der Waals surface area contributed by atoms with Crippen LogP contribution in [-0.4, -0.2) is 32.4 Å². The number of carbonyl (C=O) groups excluding carboxylic acids is 1. The number of aromatic nitrogens is 4.